The molecule has 1 saturated carbocycles. The van der Waals surface area contributed by atoms with E-state index in [0.29, 0.717) is 69.4 Å². The number of urea groups is 1. The lowest BCUT2D eigenvalue weighted by Crippen LogP contribution is -2.38. The van der Waals surface area contributed by atoms with Crippen molar-refractivity contribution in [2.75, 3.05) is 44.8 Å². The zero-order valence-corrected chi connectivity index (χ0v) is 22.0. The highest BCUT2D eigenvalue weighted by Gasteiger charge is 2.56. The van der Waals surface area contributed by atoms with Gasteiger partial charge in [-0.1, -0.05) is 12.1 Å². The number of rotatable bonds is 12. The Morgan fingerprint density at radius 3 is 2.26 bits per heavy atom. The zero-order valence-electron chi connectivity index (χ0n) is 22.0. The number of piperidine rings is 1. The van der Waals surface area contributed by atoms with Crippen LogP contribution in [0.5, 0.6) is 5.75 Å². The fourth-order valence-electron chi connectivity index (χ4n) is 4.92. The van der Waals surface area contributed by atoms with Gasteiger partial charge in [-0.05, 0) is 67.6 Å². The average Bonchev–Trinajstić information content (AvgIpc) is 3.34. The first kappa shape index (κ1) is 28.7. The summed E-state index contributed by atoms with van der Waals surface area (Å²) in [5.74, 6) is 1.09. The first-order valence-corrected chi connectivity index (χ1v) is 13.2. The van der Waals surface area contributed by atoms with Gasteiger partial charge in [-0.3, -0.25) is 0 Å². The highest BCUT2D eigenvalue weighted by Crippen LogP contribution is 2.45. The molecule has 1 aliphatic carbocycles. The molecule has 2 fully saturated rings. The molecule has 1 saturated heterocycles. The molecule has 2 unspecified atom stereocenters. The molecular weight excluding hydrogens is 515 g/mol. The number of carbonyl (C=O) groups excluding carboxylic acids is 2. The lowest BCUT2D eigenvalue weighted by Gasteiger charge is -2.21. The van der Waals surface area contributed by atoms with E-state index in [4.69, 9.17) is 14.2 Å². The van der Waals surface area contributed by atoms with E-state index in [1.165, 1.54) is 12.1 Å². The van der Waals surface area contributed by atoms with Crippen LogP contribution in [0.25, 0.3) is 0 Å². The molecule has 39 heavy (non-hydrogen) atoms. The molecule has 0 radical (unpaired) electrons. The van der Waals surface area contributed by atoms with Crippen LogP contribution in [-0.4, -0.2) is 68.5 Å². The van der Waals surface area contributed by atoms with Crippen molar-refractivity contribution >= 4 is 17.7 Å². The van der Waals surface area contributed by atoms with E-state index < -0.39 is 17.8 Å². The predicted octanol–water partition coefficient (Wildman–Crippen LogP) is 4.35. The number of hydrogen-bond acceptors (Lipinski definition) is 6. The van der Waals surface area contributed by atoms with Gasteiger partial charge in [0.1, 0.15) is 12.4 Å². The summed E-state index contributed by atoms with van der Waals surface area (Å²) in [5.41, 5.74) is 0.533. The summed E-state index contributed by atoms with van der Waals surface area (Å²) in [6.07, 6.45) is -4.61. The lowest BCUT2D eigenvalue weighted by molar-refractivity contribution is -0.156. The number of halogens is 3. The van der Waals surface area contributed by atoms with Gasteiger partial charge in [0.05, 0.1) is 12.2 Å². The van der Waals surface area contributed by atoms with Crippen LogP contribution in [0, 0.1) is 11.8 Å². The van der Waals surface area contributed by atoms with Crippen molar-refractivity contribution in [1.82, 2.24) is 10.2 Å². The minimum Gasteiger partial charge on any atom is -0.492 e. The second kappa shape index (κ2) is 12.7. The van der Waals surface area contributed by atoms with Crippen LogP contribution in [0.2, 0.25) is 0 Å². The molecule has 2 aliphatic rings. The van der Waals surface area contributed by atoms with Crippen molar-refractivity contribution in [1.29, 1.82) is 0 Å². The van der Waals surface area contributed by atoms with Crippen LogP contribution in [0.1, 0.15) is 25.0 Å². The Morgan fingerprint density at radius 2 is 1.67 bits per heavy atom. The van der Waals surface area contributed by atoms with E-state index in [0.717, 1.165) is 23.4 Å². The molecule has 2 N–H and O–H groups in total. The number of hydrogen-bond donors (Lipinski definition) is 2. The maximum Gasteiger partial charge on any atom is 0.416 e. The Hall–Kier alpha value is -3.31. The summed E-state index contributed by atoms with van der Waals surface area (Å²) in [4.78, 5) is 26.2. The van der Waals surface area contributed by atoms with Gasteiger partial charge in [0.15, 0.2) is 6.10 Å². The second-order valence-corrected chi connectivity index (χ2v) is 9.61. The monoisotopic (exact) mass is 549 g/mol. The maximum absolute atomic E-state index is 12.7. The van der Waals surface area contributed by atoms with Crippen LogP contribution in [-0.2, 0) is 26.9 Å². The van der Waals surface area contributed by atoms with Crippen molar-refractivity contribution in [3.63, 3.8) is 0 Å². The van der Waals surface area contributed by atoms with E-state index in [1.807, 2.05) is 31.2 Å². The zero-order chi connectivity index (χ0) is 28.0. The summed E-state index contributed by atoms with van der Waals surface area (Å²) in [5, 5.41) is 6.15. The smallest absolute Gasteiger partial charge is 0.416 e. The number of carbonyl (C=O) groups is 2. The van der Waals surface area contributed by atoms with Crippen molar-refractivity contribution < 1.29 is 37.0 Å². The van der Waals surface area contributed by atoms with E-state index in [9.17, 15) is 22.8 Å². The first-order valence-electron chi connectivity index (χ1n) is 13.2. The van der Waals surface area contributed by atoms with Crippen molar-refractivity contribution in [3.8, 4) is 5.75 Å². The number of nitrogens with zero attached hydrogens (tertiary/aromatic N) is 1. The molecule has 0 bridgehead atoms. The van der Waals surface area contributed by atoms with Gasteiger partial charge >= 0.3 is 18.2 Å². The van der Waals surface area contributed by atoms with Gasteiger partial charge in [-0.25, -0.2) is 9.59 Å². The third-order valence-electron chi connectivity index (χ3n) is 6.96. The summed E-state index contributed by atoms with van der Waals surface area (Å²) < 4.78 is 54.5. The molecule has 212 valence electrons. The standard InChI is InChI=1S/C28H34F3N3O5/c1-3-37-24(26(35)38-4-2)15-18-5-11-21(12-6-18)39-14-13-32-25-22-16-34(17-23(22)25)27(36)33-20-9-7-19(8-10-20)28(29,30)31/h5-12,22-25,32H,3-4,13-17H2,1-2H3,(H,33,36)/t22-,23?,24-,25?/m0/s1. The Bertz CT molecular complexity index is 1100. The minimum absolute atomic E-state index is 0.303. The Morgan fingerprint density at radius 1 is 1.00 bits per heavy atom. The molecule has 0 aromatic heterocycles. The molecule has 0 spiro atoms. The maximum atomic E-state index is 12.7. The summed E-state index contributed by atoms with van der Waals surface area (Å²) in [6, 6.07) is 12.0. The van der Waals surface area contributed by atoms with Crippen molar-refractivity contribution in [2.45, 2.75) is 38.6 Å². The van der Waals surface area contributed by atoms with Gasteiger partial charge in [0.2, 0.25) is 0 Å². The van der Waals surface area contributed by atoms with Crippen LogP contribution >= 0.6 is 0 Å². The van der Waals surface area contributed by atoms with Crippen molar-refractivity contribution in [3.05, 3.63) is 59.7 Å². The predicted molar refractivity (Wildman–Crippen MR) is 138 cm³/mol. The first-order chi connectivity index (χ1) is 18.7. The van der Waals surface area contributed by atoms with Crippen LogP contribution < -0.4 is 15.4 Å². The quantitative estimate of drug-likeness (QED) is 0.303. The number of amides is 2. The highest BCUT2D eigenvalue weighted by atomic mass is 19.4. The SMILES string of the molecule is CCOC(=O)[C@H](Cc1ccc(OCCNC2C3CN(C(=O)Nc4ccc(C(F)(F)F)cc4)C[C@@H]32)cc1)OCC. The third-order valence-corrected chi connectivity index (χ3v) is 6.96. The summed E-state index contributed by atoms with van der Waals surface area (Å²) in [6.45, 7) is 6.69. The minimum atomic E-state index is -4.41. The number of fused-ring (bicyclic) bond motifs is 1. The van der Waals surface area contributed by atoms with Gasteiger partial charge in [-0.15, -0.1) is 0 Å². The Kier molecular flexibility index (Phi) is 9.34. The van der Waals surface area contributed by atoms with Crippen LogP contribution in [0.4, 0.5) is 23.7 Å². The molecule has 1 heterocycles. The highest BCUT2D eigenvalue weighted by molar-refractivity contribution is 5.89. The number of nitrogens with one attached hydrogen (secondary N) is 2. The lowest BCUT2D eigenvalue weighted by atomic mass is 10.1. The fourth-order valence-corrected chi connectivity index (χ4v) is 4.92. The summed E-state index contributed by atoms with van der Waals surface area (Å²) in [7, 11) is 0. The normalized spacial score (nSPS) is 20.7. The van der Waals surface area contributed by atoms with Crippen LogP contribution in [0.3, 0.4) is 0 Å². The largest absolute Gasteiger partial charge is 0.492 e. The fraction of sp³-hybridized carbons (Fsp3) is 0.500. The topological polar surface area (TPSA) is 89.1 Å². The van der Waals surface area contributed by atoms with E-state index >= 15 is 0 Å². The Balaban J connectivity index is 1.12. The molecule has 4 atom stereocenters. The van der Waals surface area contributed by atoms with Crippen LogP contribution in [0.15, 0.2) is 48.5 Å². The summed E-state index contributed by atoms with van der Waals surface area (Å²) >= 11 is 0. The molecule has 2 aromatic carbocycles. The van der Waals surface area contributed by atoms with Gasteiger partial charge in [0, 0.05) is 44.4 Å². The average molecular weight is 550 g/mol. The van der Waals surface area contributed by atoms with Gasteiger partial charge in [-0.2, -0.15) is 13.2 Å². The number of alkyl halides is 3. The Labute approximate surface area is 225 Å². The van der Waals surface area contributed by atoms with Crippen molar-refractivity contribution in [2.24, 2.45) is 11.8 Å². The number of anilines is 1. The number of ether oxygens (including phenoxy) is 3. The number of benzene rings is 2. The van der Waals surface area contributed by atoms with E-state index in [1.54, 1.807) is 11.8 Å². The molecule has 1 aliphatic heterocycles. The third kappa shape index (κ3) is 7.63. The number of likely N-dealkylation sites (tertiary alicyclic amines) is 1. The molecule has 8 nitrogen and oxygen atoms in total. The molecule has 2 aromatic rings. The molecule has 4 rings (SSSR count). The van der Waals surface area contributed by atoms with E-state index in [2.05, 4.69) is 10.6 Å². The molecule has 11 heteroatoms. The van der Waals surface area contributed by atoms with E-state index in [-0.39, 0.29) is 12.0 Å². The molecular formula is C28H34F3N3O5. The second-order valence-electron chi connectivity index (χ2n) is 9.61. The molecule has 2 amide bonds. The number of esters is 1. The van der Waals surface area contributed by atoms with Gasteiger partial charge < -0.3 is 29.7 Å². The van der Waals surface area contributed by atoms with Gasteiger partial charge in [0.25, 0.3) is 0 Å².